The average molecular weight is 581 g/mol. The first-order chi connectivity index (χ1) is 17.1. The highest BCUT2D eigenvalue weighted by Crippen LogP contribution is 2.20. The number of hydrogen-bond acceptors (Lipinski definition) is 13. The molecular formula is C23H48O10S3. The van der Waals surface area contributed by atoms with Crippen molar-refractivity contribution in [3.63, 3.8) is 0 Å². The lowest BCUT2D eigenvalue weighted by Gasteiger charge is -2.32. The second-order valence-corrected chi connectivity index (χ2v) is 10.2. The van der Waals surface area contributed by atoms with E-state index in [1.165, 1.54) is 0 Å². The molecule has 36 heavy (non-hydrogen) atoms. The van der Waals surface area contributed by atoms with E-state index in [0.29, 0.717) is 17.3 Å². The molecule has 0 bridgehead atoms. The van der Waals surface area contributed by atoms with Crippen LogP contribution < -0.4 is 0 Å². The van der Waals surface area contributed by atoms with Crippen LogP contribution in [0.2, 0.25) is 0 Å². The van der Waals surface area contributed by atoms with Crippen LogP contribution in [-0.2, 0) is 28.4 Å². The molecule has 4 N–H and O–H groups in total. The van der Waals surface area contributed by atoms with Crippen LogP contribution in [-0.4, -0.2) is 140 Å². The minimum atomic E-state index is -0.848. The Morgan fingerprint density at radius 3 is 1.06 bits per heavy atom. The second-order valence-electron chi connectivity index (χ2n) is 9.14. The molecule has 0 amide bonds. The fourth-order valence-electron chi connectivity index (χ4n) is 2.71. The van der Waals surface area contributed by atoms with Gasteiger partial charge in [0.05, 0.1) is 108 Å². The highest BCUT2D eigenvalue weighted by molar-refractivity contribution is 7.80. The normalized spacial score (nSPS) is 18.8. The molecule has 0 saturated carbocycles. The summed E-state index contributed by atoms with van der Waals surface area (Å²) in [6.45, 7) is 6.91. The monoisotopic (exact) mass is 580 g/mol. The molecule has 0 heterocycles. The highest BCUT2D eigenvalue weighted by atomic mass is 32.1. The Hall–Kier alpha value is 0.650. The lowest BCUT2D eigenvalue weighted by Crippen LogP contribution is -2.43. The molecule has 218 valence electrons. The number of aliphatic hydroxyl groups excluding tert-OH is 4. The lowest BCUT2D eigenvalue weighted by atomic mass is 9.92. The van der Waals surface area contributed by atoms with Crippen LogP contribution in [0, 0.1) is 5.41 Å². The molecule has 10 nitrogen and oxygen atoms in total. The maximum atomic E-state index is 10.2. The van der Waals surface area contributed by atoms with E-state index in [4.69, 9.17) is 28.4 Å². The van der Waals surface area contributed by atoms with Gasteiger partial charge in [-0.3, -0.25) is 0 Å². The summed E-state index contributed by atoms with van der Waals surface area (Å²) in [7, 11) is 0. The molecule has 6 unspecified atom stereocenters. The van der Waals surface area contributed by atoms with Crippen molar-refractivity contribution in [3.05, 3.63) is 0 Å². The van der Waals surface area contributed by atoms with Crippen molar-refractivity contribution in [2.75, 3.05) is 83.3 Å². The fourth-order valence-corrected chi connectivity index (χ4v) is 3.03. The van der Waals surface area contributed by atoms with E-state index < -0.39 is 23.7 Å². The minimum Gasteiger partial charge on any atom is -0.396 e. The topological polar surface area (TPSA) is 136 Å². The Labute approximate surface area is 232 Å². The molecular weight excluding hydrogens is 532 g/mol. The van der Waals surface area contributed by atoms with Crippen molar-refractivity contribution < 1.29 is 48.8 Å². The van der Waals surface area contributed by atoms with Crippen molar-refractivity contribution in [3.8, 4) is 0 Å². The summed E-state index contributed by atoms with van der Waals surface area (Å²) in [4.78, 5) is 0. The van der Waals surface area contributed by atoms with Crippen LogP contribution in [0.3, 0.4) is 0 Å². The van der Waals surface area contributed by atoms with Crippen molar-refractivity contribution in [2.45, 2.75) is 57.4 Å². The Morgan fingerprint density at radius 2 is 0.833 bits per heavy atom. The summed E-state index contributed by atoms with van der Waals surface area (Å²) in [5.74, 6) is 0.921. The quantitative estimate of drug-likeness (QED) is 0.0745. The van der Waals surface area contributed by atoms with E-state index >= 15 is 0 Å². The molecule has 0 aromatic carbocycles. The molecule has 0 rings (SSSR count). The van der Waals surface area contributed by atoms with Gasteiger partial charge in [-0.05, 0) is 20.8 Å². The van der Waals surface area contributed by atoms with Gasteiger partial charge in [0.25, 0.3) is 0 Å². The van der Waals surface area contributed by atoms with E-state index in [1.807, 2.05) is 20.8 Å². The van der Waals surface area contributed by atoms with Crippen molar-refractivity contribution in [2.24, 2.45) is 5.41 Å². The van der Waals surface area contributed by atoms with E-state index in [9.17, 15) is 20.4 Å². The first-order valence-electron chi connectivity index (χ1n) is 12.2. The number of ether oxygens (including phenoxy) is 6. The maximum absolute atomic E-state index is 10.2. The van der Waals surface area contributed by atoms with Crippen LogP contribution in [0.15, 0.2) is 0 Å². The Kier molecular flexibility index (Phi) is 22.9. The van der Waals surface area contributed by atoms with Crippen molar-refractivity contribution in [1.29, 1.82) is 0 Å². The Morgan fingerprint density at radius 1 is 0.556 bits per heavy atom. The molecule has 0 aliphatic rings. The number of hydrogen-bond donors (Lipinski definition) is 7. The Balaban J connectivity index is 4.80. The summed E-state index contributed by atoms with van der Waals surface area (Å²) in [6, 6.07) is 0. The molecule has 0 aromatic rings. The van der Waals surface area contributed by atoms with E-state index in [1.54, 1.807) is 0 Å². The third-order valence-corrected chi connectivity index (χ3v) is 6.23. The SMILES string of the molecule is CC(COCC(CO)(COCC(C)OCC(O)CS)COCC(C)OCC(O)CS)OCC(O)CS. The minimum absolute atomic E-state index is 0.146. The van der Waals surface area contributed by atoms with Crippen LogP contribution in [0.25, 0.3) is 0 Å². The lowest BCUT2D eigenvalue weighted by molar-refractivity contribution is -0.127. The largest absolute Gasteiger partial charge is 0.396 e. The third-order valence-electron chi connectivity index (χ3n) is 4.97. The van der Waals surface area contributed by atoms with E-state index in [2.05, 4.69) is 37.9 Å². The molecule has 0 fully saturated rings. The zero-order valence-electron chi connectivity index (χ0n) is 21.7. The van der Waals surface area contributed by atoms with Gasteiger partial charge in [0.2, 0.25) is 0 Å². The number of rotatable bonds is 25. The van der Waals surface area contributed by atoms with Crippen molar-refractivity contribution in [1.82, 2.24) is 0 Å². The standard InChI is InChI=1S/C23H48O10S3/c1-17(31-7-20(25)10-34)4-28-14-23(13-24,15-29-5-18(2)32-8-21(26)11-35)16-30-6-19(3)33-9-22(27)12-36/h17-22,24-27,34-36H,4-16H2,1-3H3. The zero-order chi connectivity index (χ0) is 27.4. The first kappa shape index (κ1) is 36.6. The van der Waals surface area contributed by atoms with Crippen LogP contribution >= 0.6 is 37.9 Å². The van der Waals surface area contributed by atoms with Gasteiger partial charge in [-0.15, -0.1) is 0 Å². The molecule has 0 aliphatic heterocycles. The maximum Gasteiger partial charge on any atom is 0.0861 e. The summed E-state index contributed by atoms with van der Waals surface area (Å²) >= 11 is 12.1. The first-order valence-corrected chi connectivity index (χ1v) is 14.1. The van der Waals surface area contributed by atoms with E-state index in [-0.39, 0.29) is 84.4 Å². The molecule has 0 aliphatic carbocycles. The smallest absolute Gasteiger partial charge is 0.0861 e. The fraction of sp³-hybridized carbons (Fsp3) is 1.00. The van der Waals surface area contributed by atoms with E-state index in [0.717, 1.165) is 0 Å². The summed E-state index contributed by atoms with van der Waals surface area (Å²) in [6.07, 6.45) is -2.75. The third kappa shape index (κ3) is 18.8. The molecule has 0 saturated heterocycles. The zero-order valence-corrected chi connectivity index (χ0v) is 24.4. The van der Waals surface area contributed by atoms with Crippen LogP contribution in [0.5, 0.6) is 0 Å². The van der Waals surface area contributed by atoms with Gasteiger partial charge < -0.3 is 48.8 Å². The summed E-state index contributed by atoms with van der Waals surface area (Å²) in [5, 5.41) is 39.0. The van der Waals surface area contributed by atoms with Gasteiger partial charge in [0, 0.05) is 17.3 Å². The molecule has 0 aromatic heterocycles. The second kappa shape index (κ2) is 22.5. The van der Waals surface area contributed by atoms with Crippen LogP contribution in [0.1, 0.15) is 20.8 Å². The molecule has 13 heteroatoms. The number of aliphatic hydroxyl groups is 4. The van der Waals surface area contributed by atoms with Gasteiger partial charge in [-0.1, -0.05) is 0 Å². The van der Waals surface area contributed by atoms with Gasteiger partial charge in [0.1, 0.15) is 0 Å². The average Bonchev–Trinajstić information content (AvgIpc) is 2.88. The highest BCUT2D eigenvalue weighted by Gasteiger charge is 2.32. The van der Waals surface area contributed by atoms with Gasteiger partial charge in [-0.25, -0.2) is 0 Å². The number of thiol groups is 3. The summed E-state index contributed by atoms with van der Waals surface area (Å²) < 4.78 is 34.1. The molecule has 6 atom stereocenters. The predicted octanol–water partition coefficient (Wildman–Crippen LogP) is 0.102. The van der Waals surface area contributed by atoms with Gasteiger partial charge in [-0.2, -0.15) is 37.9 Å². The van der Waals surface area contributed by atoms with Crippen LogP contribution in [0.4, 0.5) is 0 Å². The predicted molar refractivity (Wildman–Crippen MR) is 148 cm³/mol. The molecule has 0 spiro atoms. The Bertz CT molecular complexity index is 444. The summed E-state index contributed by atoms with van der Waals surface area (Å²) in [5.41, 5.74) is -0.848. The molecule has 0 radical (unpaired) electrons. The van der Waals surface area contributed by atoms with Gasteiger partial charge >= 0.3 is 0 Å². The van der Waals surface area contributed by atoms with Crippen molar-refractivity contribution >= 4 is 37.9 Å². The van der Waals surface area contributed by atoms with Gasteiger partial charge in [0.15, 0.2) is 0 Å².